The van der Waals surface area contributed by atoms with Crippen LogP contribution < -0.4 is 5.32 Å². The van der Waals surface area contributed by atoms with Crippen LogP contribution in [0.15, 0.2) is 33.9 Å². The van der Waals surface area contributed by atoms with Gasteiger partial charge in [-0.2, -0.15) is 4.31 Å². The molecule has 1 amide bonds. The largest absolute Gasteiger partial charge is 0.354 e. The highest BCUT2D eigenvalue weighted by molar-refractivity contribution is 7.91. The second-order valence-corrected chi connectivity index (χ2v) is 12.9. The third-order valence-electron chi connectivity index (χ3n) is 6.25. The monoisotopic (exact) mass is 481 g/mol. The van der Waals surface area contributed by atoms with Crippen LogP contribution in [0.2, 0.25) is 0 Å². The standard InChI is InChI=1S/C22H31N3O3S3/c1-17-8-12-24(13-9-17)19(20-5-4-14-29-20)16-23-21(26)15-18-6-7-22(30-18)31(27,28)25-10-2-3-11-25/h4-7,14,17,19H,2-3,8-13,15-16H2,1H3,(H,23,26). The molecule has 0 radical (unpaired) electrons. The summed E-state index contributed by atoms with van der Waals surface area (Å²) in [6, 6.07) is 7.83. The first-order valence-corrected chi connectivity index (χ1v) is 14.2. The van der Waals surface area contributed by atoms with Gasteiger partial charge in [-0.3, -0.25) is 9.69 Å². The van der Waals surface area contributed by atoms with E-state index in [4.69, 9.17) is 0 Å². The van der Waals surface area contributed by atoms with Crippen molar-refractivity contribution in [2.75, 3.05) is 32.7 Å². The summed E-state index contributed by atoms with van der Waals surface area (Å²) in [4.78, 5) is 17.2. The Labute approximate surface area is 193 Å². The lowest BCUT2D eigenvalue weighted by atomic mass is 9.97. The number of likely N-dealkylation sites (tertiary alicyclic amines) is 1. The van der Waals surface area contributed by atoms with Crippen LogP contribution >= 0.6 is 22.7 Å². The molecule has 2 fully saturated rings. The van der Waals surface area contributed by atoms with Crippen molar-refractivity contribution in [3.63, 3.8) is 0 Å². The molecule has 2 aliphatic rings. The maximum atomic E-state index is 12.7. The minimum absolute atomic E-state index is 0.0566. The fraction of sp³-hybridized carbons (Fsp3) is 0.591. The summed E-state index contributed by atoms with van der Waals surface area (Å²) in [5.41, 5.74) is 0. The van der Waals surface area contributed by atoms with Crippen molar-refractivity contribution in [2.24, 2.45) is 5.92 Å². The Kier molecular flexibility index (Phi) is 7.48. The third-order valence-corrected chi connectivity index (χ3v) is 10.7. The molecule has 31 heavy (non-hydrogen) atoms. The van der Waals surface area contributed by atoms with Crippen molar-refractivity contribution < 1.29 is 13.2 Å². The summed E-state index contributed by atoms with van der Waals surface area (Å²) in [5.74, 6) is 0.707. The Morgan fingerprint density at radius 2 is 1.90 bits per heavy atom. The summed E-state index contributed by atoms with van der Waals surface area (Å²) in [6.07, 6.45) is 4.44. The molecular weight excluding hydrogens is 450 g/mol. The molecule has 170 valence electrons. The maximum Gasteiger partial charge on any atom is 0.252 e. The van der Waals surface area contributed by atoms with E-state index in [1.165, 1.54) is 29.1 Å². The van der Waals surface area contributed by atoms with Gasteiger partial charge in [-0.25, -0.2) is 8.42 Å². The molecule has 0 bridgehead atoms. The van der Waals surface area contributed by atoms with Crippen molar-refractivity contribution in [1.82, 2.24) is 14.5 Å². The topological polar surface area (TPSA) is 69.7 Å². The van der Waals surface area contributed by atoms with Gasteiger partial charge in [0.1, 0.15) is 4.21 Å². The maximum absolute atomic E-state index is 12.7. The summed E-state index contributed by atoms with van der Waals surface area (Å²) < 4.78 is 27.3. The lowest BCUT2D eigenvalue weighted by Gasteiger charge is -2.36. The molecule has 2 aromatic rings. The number of hydrogen-bond donors (Lipinski definition) is 1. The molecule has 0 spiro atoms. The zero-order valence-electron chi connectivity index (χ0n) is 18.0. The van der Waals surface area contributed by atoms with Crippen molar-refractivity contribution >= 4 is 38.6 Å². The van der Waals surface area contributed by atoms with Gasteiger partial charge in [0.15, 0.2) is 0 Å². The van der Waals surface area contributed by atoms with Crippen LogP contribution in [0.4, 0.5) is 0 Å². The molecule has 0 aliphatic carbocycles. The molecule has 4 heterocycles. The van der Waals surface area contributed by atoms with Gasteiger partial charge in [-0.1, -0.05) is 13.0 Å². The SMILES string of the molecule is CC1CCN(C(CNC(=O)Cc2ccc(S(=O)(=O)N3CCCC3)s2)c2cccs2)CC1. The number of nitrogens with zero attached hydrogens (tertiary/aromatic N) is 2. The molecule has 4 rings (SSSR count). The normalized spacial score (nSPS) is 20.2. The number of carbonyl (C=O) groups excluding carboxylic acids is 1. The van der Waals surface area contributed by atoms with Gasteiger partial charge in [0.05, 0.1) is 12.5 Å². The fourth-order valence-electron chi connectivity index (χ4n) is 4.31. The number of sulfonamides is 1. The highest BCUT2D eigenvalue weighted by atomic mass is 32.2. The van der Waals surface area contributed by atoms with E-state index >= 15 is 0 Å². The number of piperidine rings is 1. The van der Waals surface area contributed by atoms with Gasteiger partial charge in [-0.05, 0) is 68.3 Å². The Balaban J connectivity index is 1.35. The summed E-state index contributed by atoms with van der Waals surface area (Å²) in [5, 5.41) is 5.19. The molecule has 6 nitrogen and oxygen atoms in total. The molecule has 2 saturated heterocycles. The van der Waals surface area contributed by atoms with Gasteiger partial charge in [0, 0.05) is 29.4 Å². The van der Waals surface area contributed by atoms with E-state index in [1.807, 2.05) is 0 Å². The van der Waals surface area contributed by atoms with E-state index in [0.29, 0.717) is 23.8 Å². The Morgan fingerprint density at radius 3 is 2.58 bits per heavy atom. The van der Waals surface area contributed by atoms with Crippen LogP contribution in [0.3, 0.4) is 0 Å². The highest BCUT2D eigenvalue weighted by Crippen LogP contribution is 2.30. The fourth-order valence-corrected chi connectivity index (χ4v) is 8.20. The predicted molar refractivity (Wildman–Crippen MR) is 126 cm³/mol. The van der Waals surface area contributed by atoms with Crippen LogP contribution in [-0.4, -0.2) is 56.3 Å². The molecule has 0 saturated carbocycles. The summed E-state index contributed by atoms with van der Waals surface area (Å²) in [6.45, 7) is 6.19. The first kappa shape index (κ1) is 22.9. The third kappa shape index (κ3) is 5.57. The molecule has 2 aliphatic heterocycles. The van der Waals surface area contributed by atoms with Crippen LogP contribution in [0, 0.1) is 5.92 Å². The highest BCUT2D eigenvalue weighted by Gasteiger charge is 2.29. The smallest absolute Gasteiger partial charge is 0.252 e. The number of carbonyl (C=O) groups is 1. The Hall–Kier alpha value is -1.26. The average molecular weight is 482 g/mol. The van der Waals surface area contributed by atoms with E-state index in [0.717, 1.165) is 36.7 Å². The Morgan fingerprint density at radius 1 is 1.16 bits per heavy atom. The molecule has 2 aromatic heterocycles. The van der Waals surface area contributed by atoms with Gasteiger partial charge >= 0.3 is 0 Å². The molecule has 0 aromatic carbocycles. The molecule has 9 heteroatoms. The number of thiophene rings is 2. The lowest BCUT2D eigenvalue weighted by molar-refractivity contribution is -0.120. The van der Waals surface area contributed by atoms with E-state index in [-0.39, 0.29) is 18.4 Å². The van der Waals surface area contributed by atoms with Crippen molar-refractivity contribution in [3.05, 3.63) is 39.4 Å². The number of nitrogens with one attached hydrogen (secondary N) is 1. The van der Waals surface area contributed by atoms with Gasteiger partial charge in [0.2, 0.25) is 5.91 Å². The van der Waals surface area contributed by atoms with Crippen LogP contribution in [-0.2, 0) is 21.2 Å². The first-order chi connectivity index (χ1) is 14.9. The minimum atomic E-state index is -3.41. The average Bonchev–Trinajstić information content (AvgIpc) is 3.52. The van der Waals surface area contributed by atoms with Crippen LogP contribution in [0.25, 0.3) is 0 Å². The van der Waals surface area contributed by atoms with E-state index in [2.05, 4.69) is 34.7 Å². The Bertz CT molecular complexity index is 957. The second kappa shape index (κ2) is 10.1. The predicted octanol–water partition coefficient (Wildman–Crippen LogP) is 3.73. The zero-order valence-corrected chi connectivity index (χ0v) is 20.4. The van der Waals surface area contributed by atoms with Crippen LogP contribution in [0.1, 0.15) is 48.4 Å². The van der Waals surface area contributed by atoms with E-state index in [1.54, 1.807) is 27.8 Å². The number of amides is 1. The summed E-state index contributed by atoms with van der Waals surface area (Å²) >= 11 is 2.95. The zero-order chi connectivity index (χ0) is 21.8. The van der Waals surface area contributed by atoms with Crippen LogP contribution in [0.5, 0.6) is 0 Å². The molecular formula is C22H31N3O3S3. The molecule has 1 N–H and O–H groups in total. The summed E-state index contributed by atoms with van der Waals surface area (Å²) in [7, 11) is -3.41. The molecule has 1 unspecified atom stereocenters. The minimum Gasteiger partial charge on any atom is -0.354 e. The van der Waals surface area contributed by atoms with Crippen molar-refractivity contribution in [3.8, 4) is 0 Å². The lowest BCUT2D eigenvalue weighted by Crippen LogP contribution is -2.41. The molecule has 1 atom stereocenters. The van der Waals surface area contributed by atoms with Crippen molar-refractivity contribution in [1.29, 1.82) is 0 Å². The number of hydrogen-bond acceptors (Lipinski definition) is 6. The first-order valence-electron chi connectivity index (χ1n) is 11.1. The van der Waals surface area contributed by atoms with Gasteiger partial charge < -0.3 is 5.32 Å². The van der Waals surface area contributed by atoms with Crippen molar-refractivity contribution in [2.45, 2.75) is 49.3 Å². The number of rotatable bonds is 8. The second-order valence-electron chi connectivity index (χ2n) is 8.56. The van der Waals surface area contributed by atoms with Gasteiger partial charge in [0.25, 0.3) is 10.0 Å². The van der Waals surface area contributed by atoms with Gasteiger partial charge in [-0.15, -0.1) is 22.7 Å². The van der Waals surface area contributed by atoms with E-state index < -0.39 is 10.0 Å². The van der Waals surface area contributed by atoms with E-state index in [9.17, 15) is 13.2 Å². The quantitative estimate of drug-likeness (QED) is 0.624.